The fraction of sp³-hybridized carbons (Fsp3) is 0.304. The van der Waals surface area contributed by atoms with Gasteiger partial charge in [-0.05, 0) is 49.4 Å². The van der Waals surface area contributed by atoms with Crippen LogP contribution in [0.4, 0.5) is 11.5 Å². The van der Waals surface area contributed by atoms with Crippen LogP contribution in [0.5, 0.6) is 0 Å². The molecule has 138 valence electrons. The molecule has 0 aliphatic heterocycles. The zero-order valence-electron chi connectivity index (χ0n) is 16.2. The van der Waals surface area contributed by atoms with Gasteiger partial charge in [-0.25, -0.2) is 9.97 Å². The first-order valence-electron chi connectivity index (χ1n) is 9.58. The summed E-state index contributed by atoms with van der Waals surface area (Å²) >= 11 is 0. The van der Waals surface area contributed by atoms with Crippen LogP contribution in [0.1, 0.15) is 35.8 Å². The van der Waals surface area contributed by atoms with E-state index in [0.29, 0.717) is 6.04 Å². The molecule has 4 heteroatoms. The van der Waals surface area contributed by atoms with Gasteiger partial charge in [0.25, 0.3) is 0 Å². The molecule has 0 saturated carbocycles. The molecule has 1 N–H and O–H groups in total. The maximum Gasteiger partial charge on any atom is 0.130 e. The zero-order chi connectivity index (χ0) is 18.8. The highest BCUT2D eigenvalue weighted by Gasteiger charge is 2.20. The third kappa shape index (κ3) is 3.80. The number of hydrogen-bond acceptors (Lipinski definition) is 4. The number of aromatic nitrogens is 2. The molecule has 4 rings (SSSR count). The summed E-state index contributed by atoms with van der Waals surface area (Å²) in [5.74, 6) is 1.69. The molecule has 1 heterocycles. The Balaban J connectivity index is 1.62. The Morgan fingerprint density at radius 3 is 2.56 bits per heavy atom. The lowest BCUT2D eigenvalue weighted by atomic mass is 9.88. The van der Waals surface area contributed by atoms with Crippen LogP contribution in [0, 0.1) is 6.92 Å². The van der Waals surface area contributed by atoms with Crippen LogP contribution in [-0.4, -0.2) is 24.1 Å². The molecule has 0 fully saturated rings. The molecule has 1 aliphatic rings. The number of benzene rings is 2. The van der Waals surface area contributed by atoms with Crippen LogP contribution >= 0.6 is 0 Å². The van der Waals surface area contributed by atoms with Crippen LogP contribution in [0.3, 0.4) is 0 Å². The van der Waals surface area contributed by atoms with Gasteiger partial charge in [0.05, 0.1) is 11.7 Å². The maximum atomic E-state index is 4.65. The lowest BCUT2D eigenvalue weighted by Gasteiger charge is -2.27. The van der Waals surface area contributed by atoms with E-state index in [2.05, 4.69) is 74.8 Å². The van der Waals surface area contributed by atoms with Gasteiger partial charge in [0.2, 0.25) is 0 Å². The molecule has 3 aromatic rings. The van der Waals surface area contributed by atoms with Crippen molar-refractivity contribution in [3.63, 3.8) is 0 Å². The topological polar surface area (TPSA) is 41.1 Å². The predicted molar refractivity (Wildman–Crippen MR) is 112 cm³/mol. The van der Waals surface area contributed by atoms with Gasteiger partial charge in [0, 0.05) is 31.4 Å². The molecular formula is C23H26N4. The average Bonchev–Trinajstić information content (AvgIpc) is 2.68. The molecule has 2 aromatic carbocycles. The second-order valence-corrected chi connectivity index (χ2v) is 7.41. The van der Waals surface area contributed by atoms with Crippen molar-refractivity contribution in [3.05, 3.63) is 71.5 Å². The SMILES string of the molecule is Cc1nc(N[C@@H]2CCCc3ccccc32)cc(-c2ccc(N(C)C)cc2)n1. The monoisotopic (exact) mass is 358 g/mol. The quantitative estimate of drug-likeness (QED) is 0.712. The van der Waals surface area contributed by atoms with Crippen molar-refractivity contribution < 1.29 is 0 Å². The Bertz CT molecular complexity index is 931. The van der Waals surface area contributed by atoms with Gasteiger partial charge >= 0.3 is 0 Å². The summed E-state index contributed by atoms with van der Waals surface area (Å²) in [4.78, 5) is 11.4. The zero-order valence-corrected chi connectivity index (χ0v) is 16.2. The molecule has 0 spiro atoms. The van der Waals surface area contributed by atoms with E-state index in [4.69, 9.17) is 0 Å². The first-order chi connectivity index (χ1) is 13.1. The van der Waals surface area contributed by atoms with Crippen molar-refractivity contribution >= 4 is 11.5 Å². The Hall–Kier alpha value is -2.88. The van der Waals surface area contributed by atoms with E-state index in [-0.39, 0.29) is 0 Å². The van der Waals surface area contributed by atoms with E-state index < -0.39 is 0 Å². The number of anilines is 2. The summed E-state index contributed by atoms with van der Waals surface area (Å²) in [7, 11) is 4.10. The molecule has 1 atom stereocenters. The van der Waals surface area contributed by atoms with Crippen molar-refractivity contribution in [1.29, 1.82) is 0 Å². The van der Waals surface area contributed by atoms with Crippen molar-refractivity contribution in [2.24, 2.45) is 0 Å². The number of nitrogens with zero attached hydrogens (tertiary/aromatic N) is 3. The molecule has 0 saturated heterocycles. The Morgan fingerprint density at radius 1 is 1.00 bits per heavy atom. The summed E-state index contributed by atoms with van der Waals surface area (Å²) in [6, 6.07) is 19.6. The van der Waals surface area contributed by atoms with E-state index in [1.54, 1.807) is 0 Å². The minimum atomic E-state index is 0.313. The van der Waals surface area contributed by atoms with E-state index in [1.807, 2.05) is 21.0 Å². The third-order valence-corrected chi connectivity index (χ3v) is 5.21. The van der Waals surface area contributed by atoms with Crippen LogP contribution < -0.4 is 10.2 Å². The highest BCUT2D eigenvalue weighted by molar-refractivity contribution is 5.65. The van der Waals surface area contributed by atoms with Gasteiger partial charge in [-0.3, -0.25) is 0 Å². The first kappa shape index (κ1) is 17.5. The minimum Gasteiger partial charge on any atom is -0.378 e. The van der Waals surface area contributed by atoms with Gasteiger partial charge in [0.1, 0.15) is 11.6 Å². The summed E-state index contributed by atoms with van der Waals surface area (Å²) in [6.45, 7) is 1.96. The molecule has 0 bridgehead atoms. The molecule has 0 unspecified atom stereocenters. The second-order valence-electron chi connectivity index (χ2n) is 7.41. The molecular weight excluding hydrogens is 332 g/mol. The smallest absolute Gasteiger partial charge is 0.130 e. The van der Waals surface area contributed by atoms with Crippen LogP contribution in [0.25, 0.3) is 11.3 Å². The van der Waals surface area contributed by atoms with Crippen molar-refractivity contribution in [2.45, 2.75) is 32.2 Å². The minimum absolute atomic E-state index is 0.313. The fourth-order valence-corrected chi connectivity index (χ4v) is 3.80. The number of aryl methyl sites for hydroxylation is 2. The summed E-state index contributed by atoms with van der Waals surface area (Å²) in [5.41, 5.74) is 6.10. The van der Waals surface area contributed by atoms with E-state index in [0.717, 1.165) is 29.3 Å². The maximum absolute atomic E-state index is 4.65. The van der Waals surface area contributed by atoms with Gasteiger partial charge in [-0.15, -0.1) is 0 Å². The lowest BCUT2D eigenvalue weighted by molar-refractivity contribution is 0.598. The predicted octanol–water partition coefficient (Wildman–Crippen LogP) is 5.01. The molecule has 1 aliphatic carbocycles. The second kappa shape index (κ2) is 7.39. The van der Waals surface area contributed by atoms with Crippen LogP contribution in [0.2, 0.25) is 0 Å². The highest BCUT2D eigenvalue weighted by Crippen LogP contribution is 2.32. The molecule has 4 nitrogen and oxygen atoms in total. The number of nitrogens with one attached hydrogen (secondary N) is 1. The molecule has 0 radical (unpaired) electrons. The summed E-state index contributed by atoms with van der Waals surface area (Å²) in [5, 5.41) is 3.66. The average molecular weight is 358 g/mol. The Kier molecular flexibility index (Phi) is 4.80. The Labute approximate surface area is 161 Å². The first-order valence-corrected chi connectivity index (χ1v) is 9.58. The van der Waals surface area contributed by atoms with Crippen molar-refractivity contribution in [3.8, 4) is 11.3 Å². The van der Waals surface area contributed by atoms with E-state index in [1.165, 1.54) is 29.7 Å². The van der Waals surface area contributed by atoms with Crippen molar-refractivity contribution in [2.75, 3.05) is 24.3 Å². The van der Waals surface area contributed by atoms with Gasteiger partial charge in [-0.2, -0.15) is 0 Å². The van der Waals surface area contributed by atoms with Crippen LogP contribution in [0.15, 0.2) is 54.6 Å². The molecule has 27 heavy (non-hydrogen) atoms. The van der Waals surface area contributed by atoms with Gasteiger partial charge in [0.15, 0.2) is 0 Å². The van der Waals surface area contributed by atoms with Crippen LogP contribution in [-0.2, 0) is 6.42 Å². The van der Waals surface area contributed by atoms with E-state index >= 15 is 0 Å². The largest absolute Gasteiger partial charge is 0.378 e. The summed E-state index contributed by atoms with van der Waals surface area (Å²) in [6.07, 6.45) is 3.51. The third-order valence-electron chi connectivity index (χ3n) is 5.21. The number of hydrogen-bond donors (Lipinski definition) is 1. The van der Waals surface area contributed by atoms with Crippen molar-refractivity contribution in [1.82, 2.24) is 9.97 Å². The fourth-order valence-electron chi connectivity index (χ4n) is 3.80. The summed E-state index contributed by atoms with van der Waals surface area (Å²) < 4.78 is 0. The van der Waals surface area contributed by atoms with Gasteiger partial charge in [-0.1, -0.05) is 36.4 Å². The highest BCUT2D eigenvalue weighted by atomic mass is 15.1. The number of rotatable bonds is 4. The normalized spacial score (nSPS) is 15.9. The molecule has 1 aromatic heterocycles. The van der Waals surface area contributed by atoms with E-state index in [9.17, 15) is 0 Å². The lowest BCUT2D eigenvalue weighted by Crippen LogP contribution is -2.18. The Morgan fingerprint density at radius 2 is 1.78 bits per heavy atom. The standard InChI is InChI=1S/C23H26N4/c1-16-24-22(18-11-13-19(14-12-18)27(2)3)15-23(25-16)26-21-10-6-8-17-7-4-5-9-20(17)21/h4-5,7,9,11-15,21H,6,8,10H2,1-3H3,(H,24,25,26)/t21-/m1/s1. The number of fused-ring (bicyclic) bond motifs is 1. The molecule has 0 amide bonds. The van der Waals surface area contributed by atoms with Gasteiger partial charge < -0.3 is 10.2 Å².